The molecule has 0 fully saturated rings. The zero-order valence-electron chi connectivity index (χ0n) is 11.7. The number of nitrogens with zero attached hydrogens (tertiary/aromatic N) is 2. The van der Waals surface area contributed by atoms with Gasteiger partial charge >= 0.3 is 0 Å². The maximum Gasteiger partial charge on any atom is 0.162 e. The molecule has 0 aliphatic carbocycles. The van der Waals surface area contributed by atoms with Crippen molar-refractivity contribution >= 4 is 21.7 Å². The molecule has 0 amide bonds. The van der Waals surface area contributed by atoms with Gasteiger partial charge in [-0.3, -0.25) is 0 Å². The maximum atomic E-state index is 5.97. The first-order chi connectivity index (χ1) is 10.2. The minimum atomic E-state index is 0.457. The number of benzene rings is 1. The Hall–Kier alpha value is -1.82. The van der Waals surface area contributed by atoms with Crippen LogP contribution in [0.25, 0.3) is 11.4 Å². The summed E-state index contributed by atoms with van der Waals surface area (Å²) in [6.07, 6.45) is 1.85. The lowest BCUT2D eigenvalue weighted by Gasteiger charge is -2.18. The summed E-state index contributed by atoms with van der Waals surface area (Å²) >= 11 is 3.45. The van der Waals surface area contributed by atoms with Gasteiger partial charge in [-0.25, -0.2) is 9.97 Å². The van der Waals surface area contributed by atoms with Gasteiger partial charge in [-0.2, -0.15) is 0 Å². The molecular weight excluding hydrogens is 334 g/mol. The predicted molar refractivity (Wildman–Crippen MR) is 84.6 cm³/mol. The van der Waals surface area contributed by atoms with E-state index in [1.54, 1.807) is 0 Å². The van der Waals surface area contributed by atoms with Crippen molar-refractivity contribution in [2.24, 2.45) is 0 Å². The Morgan fingerprint density at radius 2 is 1.95 bits per heavy atom. The summed E-state index contributed by atoms with van der Waals surface area (Å²) in [4.78, 5) is 8.97. The zero-order valence-corrected chi connectivity index (χ0v) is 13.3. The monoisotopic (exact) mass is 349 g/mol. The van der Waals surface area contributed by atoms with Crippen LogP contribution in [0.3, 0.4) is 0 Å². The molecule has 0 bridgehead atoms. The molecule has 1 aromatic carbocycles. The van der Waals surface area contributed by atoms with E-state index in [1.807, 2.05) is 18.2 Å². The molecule has 0 saturated carbocycles. The lowest BCUT2D eigenvalue weighted by Crippen LogP contribution is -2.15. The van der Waals surface area contributed by atoms with E-state index in [4.69, 9.17) is 15.2 Å². The van der Waals surface area contributed by atoms with Crippen molar-refractivity contribution in [1.29, 1.82) is 0 Å². The molecule has 0 atom stereocenters. The second kappa shape index (κ2) is 5.89. The van der Waals surface area contributed by atoms with E-state index in [1.165, 1.54) is 0 Å². The van der Waals surface area contributed by atoms with Crippen molar-refractivity contribution in [2.45, 2.75) is 19.8 Å². The molecule has 0 radical (unpaired) electrons. The van der Waals surface area contributed by atoms with E-state index >= 15 is 0 Å². The van der Waals surface area contributed by atoms with Crippen LogP contribution in [0.15, 0.2) is 22.7 Å². The zero-order chi connectivity index (χ0) is 14.8. The lowest BCUT2D eigenvalue weighted by atomic mass is 10.1. The van der Waals surface area contributed by atoms with Gasteiger partial charge in [-0.1, -0.05) is 13.3 Å². The van der Waals surface area contributed by atoms with E-state index in [0.29, 0.717) is 24.9 Å². The SMILES string of the molecule is CCCc1nc(-c2ccc3c(c2)OCCO3)nc(N)c1Br. The average Bonchev–Trinajstić information content (AvgIpc) is 2.51. The Morgan fingerprint density at radius 1 is 1.19 bits per heavy atom. The number of ether oxygens (including phenoxy) is 2. The first-order valence-electron chi connectivity index (χ1n) is 6.91. The molecule has 1 aliphatic rings. The number of hydrogen-bond donors (Lipinski definition) is 1. The molecule has 0 unspecified atom stereocenters. The van der Waals surface area contributed by atoms with Gasteiger partial charge < -0.3 is 15.2 Å². The lowest BCUT2D eigenvalue weighted by molar-refractivity contribution is 0.171. The number of aromatic nitrogens is 2. The van der Waals surface area contributed by atoms with E-state index in [9.17, 15) is 0 Å². The predicted octanol–water partition coefficient (Wildman–Crippen LogP) is 3.21. The second-order valence-electron chi connectivity index (χ2n) is 4.80. The first-order valence-corrected chi connectivity index (χ1v) is 7.70. The molecule has 2 heterocycles. The Balaban J connectivity index is 2.03. The summed E-state index contributed by atoms with van der Waals surface area (Å²) in [6.45, 7) is 3.24. The second-order valence-corrected chi connectivity index (χ2v) is 5.59. The Morgan fingerprint density at radius 3 is 2.71 bits per heavy atom. The summed E-state index contributed by atoms with van der Waals surface area (Å²) in [5, 5.41) is 0. The fourth-order valence-corrected chi connectivity index (χ4v) is 2.60. The van der Waals surface area contributed by atoms with Crippen LogP contribution in [-0.4, -0.2) is 23.2 Å². The molecule has 2 aromatic rings. The molecule has 5 nitrogen and oxygen atoms in total. The van der Waals surface area contributed by atoms with Crippen molar-refractivity contribution < 1.29 is 9.47 Å². The van der Waals surface area contributed by atoms with Crippen molar-refractivity contribution in [3.63, 3.8) is 0 Å². The fraction of sp³-hybridized carbons (Fsp3) is 0.333. The standard InChI is InChI=1S/C15H16BrN3O2/c1-2-3-10-13(16)14(17)19-15(18-10)9-4-5-11-12(8-9)21-7-6-20-11/h4-5,8H,2-3,6-7H2,1H3,(H2,17,18,19). The molecular formula is C15H16BrN3O2. The molecule has 3 rings (SSSR count). The van der Waals surface area contributed by atoms with Crippen molar-refractivity contribution in [3.8, 4) is 22.9 Å². The minimum Gasteiger partial charge on any atom is -0.486 e. The third kappa shape index (κ3) is 2.81. The number of anilines is 1. The van der Waals surface area contributed by atoms with Crippen LogP contribution in [-0.2, 0) is 6.42 Å². The van der Waals surface area contributed by atoms with Crippen LogP contribution in [0, 0.1) is 0 Å². The van der Waals surface area contributed by atoms with Gasteiger partial charge in [0.05, 0.1) is 10.2 Å². The van der Waals surface area contributed by atoms with Gasteiger partial charge in [0.15, 0.2) is 17.3 Å². The summed E-state index contributed by atoms with van der Waals surface area (Å²) in [7, 11) is 0. The number of nitrogens with two attached hydrogens (primary N) is 1. The number of halogens is 1. The number of aryl methyl sites for hydroxylation is 1. The molecule has 1 aliphatic heterocycles. The largest absolute Gasteiger partial charge is 0.486 e. The van der Waals surface area contributed by atoms with E-state index in [-0.39, 0.29) is 0 Å². The molecule has 0 saturated heterocycles. The number of hydrogen-bond acceptors (Lipinski definition) is 5. The van der Waals surface area contributed by atoms with Crippen LogP contribution >= 0.6 is 15.9 Å². The molecule has 0 spiro atoms. The molecule has 21 heavy (non-hydrogen) atoms. The third-order valence-electron chi connectivity index (χ3n) is 3.23. The van der Waals surface area contributed by atoms with Crippen molar-refractivity contribution in [3.05, 3.63) is 28.4 Å². The average molecular weight is 350 g/mol. The van der Waals surface area contributed by atoms with Gasteiger partial charge in [-0.05, 0) is 40.5 Å². The summed E-state index contributed by atoms with van der Waals surface area (Å²) in [5.41, 5.74) is 7.77. The molecule has 110 valence electrons. The minimum absolute atomic E-state index is 0.457. The summed E-state index contributed by atoms with van der Waals surface area (Å²) < 4.78 is 11.9. The molecule has 2 N–H and O–H groups in total. The molecule has 1 aromatic heterocycles. The number of nitrogen functional groups attached to an aromatic ring is 1. The summed E-state index contributed by atoms with van der Waals surface area (Å²) in [6, 6.07) is 5.70. The topological polar surface area (TPSA) is 70.3 Å². The van der Waals surface area contributed by atoms with Crippen LogP contribution in [0.2, 0.25) is 0 Å². The highest BCUT2D eigenvalue weighted by Gasteiger charge is 2.15. The smallest absolute Gasteiger partial charge is 0.162 e. The number of rotatable bonds is 3. The van der Waals surface area contributed by atoms with Gasteiger partial charge in [-0.15, -0.1) is 0 Å². The summed E-state index contributed by atoms with van der Waals surface area (Å²) in [5.74, 6) is 2.54. The fourth-order valence-electron chi connectivity index (χ4n) is 2.23. The van der Waals surface area contributed by atoms with Crippen LogP contribution in [0.1, 0.15) is 19.0 Å². The highest BCUT2D eigenvalue weighted by molar-refractivity contribution is 9.10. The normalized spacial score (nSPS) is 13.2. The van der Waals surface area contributed by atoms with Gasteiger partial charge in [0.25, 0.3) is 0 Å². The van der Waals surface area contributed by atoms with E-state index < -0.39 is 0 Å². The maximum absolute atomic E-state index is 5.97. The highest BCUT2D eigenvalue weighted by Crippen LogP contribution is 2.34. The number of fused-ring (bicyclic) bond motifs is 1. The van der Waals surface area contributed by atoms with Crippen molar-refractivity contribution in [1.82, 2.24) is 9.97 Å². The Kier molecular flexibility index (Phi) is 3.96. The van der Waals surface area contributed by atoms with Crippen molar-refractivity contribution in [2.75, 3.05) is 18.9 Å². The van der Waals surface area contributed by atoms with Crippen LogP contribution in [0.5, 0.6) is 11.5 Å². The van der Waals surface area contributed by atoms with Crippen LogP contribution < -0.4 is 15.2 Å². The van der Waals surface area contributed by atoms with Gasteiger partial charge in [0, 0.05) is 5.56 Å². The highest BCUT2D eigenvalue weighted by atomic mass is 79.9. The van der Waals surface area contributed by atoms with Gasteiger partial charge in [0.1, 0.15) is 19.0 Å². The van der Waals surface area contributed by atoms with Crippen LogP contribution in [0.4, 0.5) is 5.82 Å². The molecule has 6 heteroatoms. The van der Waals surface area contributed by atoms with E-state index in [2.05, 4.69) is 32.8 Å². The third-order valence-corrected chi connectivity index (χ3v) is 4.10. The first kappa shape index (κ1) is 14.1. The van der Waals surface area contributed by atoms with Gasteiger partial charge in [0.2, 0.25) is 0 Å². The Bertz CT molecular complexity index is 676. The van der Waals surface area contributed by atoms with E-state index in [0.717, 1.165) is 40.1 Å². The quantitative estimate of drug-likeness (QED) is 0.921. The Labute approximate surface area is 131 Å².